The maximum absolute atomic E-state index is 15.0. The third-order valence-corrected chi connectivity index (χ3v) is 10.3. The number of nitrogens with zero attached hydrogens (tertiary/aromatic N) is 3. The highest BCUT2D eigenvalue weighted by Gasteiger charge is 2.79. The smallest absolute Gasteiger partial charge is 0.253 e. The van der Waals surface area contributed by atoms with Crippen molar-refractivity contribution in [3.63, 3.8) is 0 Å². The minimum atomic E-state index is -1.24. The van der Waals surface area contributed by atoms with E-state index in [1.165, 1.54) is 0 Å². The van der Waals surface area contributed by atoms with Crippen molar-refractivity contribution < 1.29 is 24.2 Å². The molecule has 1 spiro atoms. The van der Waals surface area contributed by atoms with Crippen LogP contribution in [0.15, 0.2) is 98.1 Å². The molecule has 0 aromatic heterocycles. The lowest BCUT2D eigenvalue weighted by atomic mass is 9.66. The molecule has 6 rings (SSSR count). The SMILES string of the molecule is C=CCN(C(=O)C1N([C@@H](CO)C(C)C)C(=O)[C@@H]2[C@@H](C(=O)N(CC=C)c3ccccc3)[C@@]3(C)CCC12O3)c1ccc2ccccc2c1. The second kappa shape index (κ2) is 12.2. The number of amides is 3. The van der Waals surface area contributed by atoms with Gasteiger partial charge in [0, 0.05) is 24.5 Å². The van der Waals surface area contributed by atoms with Crippen LogP contribution in [-0.2, 0) is 19.1 Å². The summed E-state index contributed by atoms with van der Waals surface area (Å²) >= 11 is 0. The molecule has 3 saturated heterocycles. The van der Waals surface area contributed by atoms with Gasteiger partial charge in [-0.3, -0.25) is 14.4 Å². The molecular formula is C38H43N3O5. The number of likely N-dealkylation sites (tertiary alicyclic amines) is 1. The topological polar surface area (TPSA) is 90.4 Å². The monoisotopic (exact) mass is 621 g/mol. The molecule has 8 heteroatoms. The molecule has 46 heavy (non-hydrogen) atoms. The summed E-state index contributed by atoms with van der Waals surface area (Å²) in [5.41, 5.74) is -0.812. The Balaban J connectivity index is 1.47. The van der Waals surface area contributed by atoms with E-state index in [-0.39, 0.29) is 43.3 Å². The first kappa shape index (κ1) is 31.7. The average molecular weight is 622 g/mol. The third-order valence-electron chi connectivity index (χ3n) is 10.3. The van der Waals surface area contributed by atoms with Gasteiger partial charge >= 0.3 is 0 Å². The summed E-state index contributed by atoms with van der Waals surface area (Å²) in [6, 6.07) is 21.4. The quantitative estimate of drug-likeness (QED) is 0.291. The van der Waals surface area contributed by atoms with Crippen molar-refractivity contribution in [3.05, 3.63) is 98.1 Å². The zero-order chi connectivity index (χ0) is 32.8. The van der Waals surface area contributed by atoms with E-state index in [4.69, 9.17) is 4.74 Å². The van der Waals surface area contributed by atoms with Crippen LogP contribution in [0, 0.1) is 17.8 Å². The molecule has 3 aromatic carbocycles. The highest BCUT2D eigenvalue weighted by molar-refractivity contribution is 6.07. The van der Waals surface area contributed by atoms with E-state index < -0.39 is 35.1 Å². The fraction of sp³-hybridized carbons (Fsp3) is 0.395. The Morgan fingerprint density at radius 2 is 1.57 bits per heavy atom. The van der Waals surface area contributed by atoms with Crippen molar-refractivity contribution in [2.24, 2.45) is 17.8 Å². The molecule has 0 aliphatic carbocycles. The summed E-state index contributed by atoms with van der Waals surface area (Å²) < 4.78 is 6.92. The second-order valence-corrected chi connectivity index (χ2v) is 13.3. The maximum Gasteiger partial charge on any atom is 0.253 e. The van der Waals surface area contributed by atoms with Gasteiger partial charge in [0.05, 0.1) is 30.1 Å². The van der Waals surface area contributed by atoms with Crippen LogP contribution in [0.2, 0.25) is 0 Å². The van der Waals surface area contributed by atoms with Crippen LogP contribution in [0.5, 0.6) is 0 Å². The molecule has 0 saturated carbocycles. The number of benzene rings is 3. The van der Waals surface area contributed by atoms with Gasteiger partial charge in [-0.15, -0.1) is 13.2 Å². The van der Waals surface area contributed by atoms with E-state index in [1.807, 2.05) is 93.6 Å². The Hall–Kier alpha value is -4.27. The van der Waals surface area contributed by atoms with Crippen LogP contribution in [-0.4, -0.2) is 70.7 Å². The van der Waals surface area contributed by atoms with Gasteiger partial charge in [0.2, 0.25) is 11.8 Å². The highest BCUT2D eigenvalue weighted by Crippen LogP contribution is 2.64. The zero-order valence-electron chi connectivity index (χ0n) is 26.8. The van der Waals surface area contributed by atoms with Gasteiger partial charge in [-0.25, -0.2) is 0 Å². The lowest BCUT2D eigenvalue weighted by molar-refractivity contribution is -0.149. The van der Waals surface area contributed by atoms with E-state index in [2.05, 4.69) is 13.2 Å². The van der Waals surface area contributed by atoms with Crippen molar-refractivity contribution in [1.82, 2.24) is 4.90 Å². The number of carbonyl (C=O) groups excluding carboxylic acids is 3. The second-order valence-electron chi connectivity index (χ2n) is 13.3. The van der Waals surface area contributed by atoms with Crippen LogP contribution in [0.4, 0.5) is 11.4 Å². The minimum absolute atomic E-state index is 0.156. The fourth-order valence-corrected chi connectivity index (χ4v) is 8.17. The Morgan fingerprint density at radius 1 is 0.935 bits per heavy atom. The van der Waals surface area contributed by atoms with Gasteiger partial charge in [0.1, 0.15) is 11.6 Å². The van der Waals surface area contributed by atoms with Crippen molar-refractivity contribution in [2.75, 3.05) is 29.5 Å². The van der Waals surface area contributed by atoms with Crippen LogP contribution in [0.25, 0.3) is 10.8 Å². The highest BCUT2D eigenvalue weighted by atomic mass is 16.5. The van der Waals surface area contributed by atoms with Gasteiger partial charge in [0.25, 0.3) is 5.91 Å². The number of hydrogen-bond acceptors (Lipinski definition) is 5. The minimum Gasteiger partial charge on any atom is -0.394 e. The summed E-state index contributed by atoms with van der Waals surface area (Å²) in [7, 11) is 0. The van der Waals surface area contributed by atoms with Crippen LogP contribution < -0.4 is 9.80 Å². The molecule has 1 N–H and O–H groups in total. The van der Waals surface area contributed by atoms with Crippen molar-refractivity contribution >= 4 is 39.9 Å². The van der Waals surface area contributed by atoms with E-state index in [0.717, 1.165) is 10.8 Å². The van der Waals surface area contributed by atoms with Crippen LogP contribution in [0.1, 0.15) is 33.6 Å². The number of para-hydroxylation sites is 1. The average Bonchev–Trinajstić information content (AvgIpc) is 3.63. The zero-order valence-corrected chi connectivity index (χ0v) is 26.8. The molecule has 2 bridgehead atoms. The van der Waals surface area contributed by atoms with Crippen molar-refractivity contribution in [1.29, 1.82) is 0 Å². The first-order valence-corrected chi connectivity index (χ1v) is 16.1. The van der Waals surface area contributed by atoms with Crippen molar-refractivity contribution in [3.8, 4) is 0 Å². The molecule has 3 aliphatic rings. The van der Waals surface area contributed by atoms with Gasteiger partial charge in [0.15, 0.2) is 0 Å². The number of aliphatic hydroxyl groups is 1. The Labute approximate surface area is 270 Å². The van der Waals surface area contributed by atoms with Crippen LogP contribution in [0.3, 0.4) is 0 Å². The lowest BCUT2D eigenvalue weighted by Gasteiger charge is -2.40. The van der Waals surface area contributed by atoms with Gasteiger partial charge in [-0.05, 0) is 60.7 Å². The van der Waals surface area contributed by atoms with E-state index in [0.29, 0.717) is 24.2 Å². The van der Waals surface area contributed by atoms with E-state index >= 15 is 4.79 Å². The summed E-state index contributed by atoms with van der Waals surface area (Å²) in [4.78, 5) is 49.3. The molecule has 240 valence electrons. The number of anilines is 2. The van der Waals surface area contributed by atoms with Gasteiger partial charge in [-0.2, -0.15) is 0 Å². The first-order valence-electron chi connectivity index (χ1n) is 16.1. The first-order chi connectivity index (χ1) is 22.1. The van der Waals surface area contributed by atoms with Crippen LogP contribution >= 0.6 is 0 Å². The lowest BCUT2D eigenvalue weighted by Crippen LogP contribution is -2.60. The predicted molar refractivity (Wildman–Crippen MR) is 180 cm³/mol. The fourth-order valence-electron chi connectivity index (χ4n) is 8.17. The largest absolute Gasteiger partial charge is 0.394 e. The summed E-state index contributed by atoms with van der Waals surface area (Å²) in [6.07, 6.45) is 4.30. The number of rotatable bonds is 11. The predicted octanol–water partition coefficient (Wildman–Crippen LogP) is 5.36. The van der Waals surface area contributed by atoms with E-state index in [9.17, 15) is 14.7 Å². The number of ether oxygens (including phenoxy) is 1. The normalized spacial score (nSPS) is 27.1. The number of fused-ring (bicyclic) bond motifs is 2. The Morgan fingerprint density at radius 3 is 2.20 bits per heavy atom. The maximum atomic E-state index is 15.0. The third kappa shape index (κ3) is 4.86. The summed E-state index contributed by atoms with van der Waals surface area (Å²) in [5.74, 6) is -2.74. The van der Waals surface area contributed by atoms with Gasteiger partial charge < -0.3 is 24.5 Å². The summed E-state index contributed by atoms with van der Waals surface area (Å²) in [6.45, 7) is 13.7. The molecule has 3 aromatic rings. The van der Waals surface area contributed by atoms with E-state index in [1.54, 1.807) is 26.9 Å². The summed E-state index contributed by atoms with van der Waals surface area (Å²) in [5, 5.41) is 12.7. The molecule has 3 heterocycles. The van der Waals surface area contributed by atoms with Crippen molar-refractivity contribution in [2.45, 2.75) is 56.9 Å². The number of hydrogen-bond donors (Lipinski definition) is 1. The molecule has 3 aliphatic heterocycles. The molecule has 2 unspecified atom stereocenters. The Kier molecular flexibility index (Phi) is 8.38. The number of aliphatic hydroxyl groups excluding tert-OH is 1. The molecule has 3 amide bonds. The Bertz CT molecular complexity index is 1670. The standard InChI is InChI=1S/C38H43N3O5/c1-6-21-39(28-15-9-8-10-16-28)34(43)31-32-35(44)41(30(24-42)25(3)4)33(38(32)20-19-37(31,5)46-38)36(45)40(22-7-2)29-18-17-26-13-11-12-14-27(26)23-29/h6-18,23,25,30-33,42H,1-2,19-22,24H2,3-5H3/t30-,31-,32-,33?,37+,38?/m0/s1. The molecule has 0 radical (unpaired) electrons. The molecule has 6 atom stereocenters. The number of carbonyl (C=O) groups is 3. The molecule has 3 fully saturated rings. The molecular weight excluding hydrogens is 578 g/mol. The molecule has 8 nitrogen and oxygen atoms in total. The van der Waals surface area contributed by atoms with Gasteiger partial charge in [-0.1, -0.05) is 74.5 Å².